The average Bonchev–Trinajstić information content (AvgIpc) is 2.53. The summed E-state index contributed by atoms with van der Waals surface area (Å²) in [6, 6.07) is 0. The maximum Gasteiger partial charge on any atom is 0.226 e. The first kappa shape index (κ1) is 16.5. The molecule has 0 amide bonds. The third kappa shape index (κ3) is 4.08. The molecule has 2 heterocycles. The summed E-state index contributed by atoms with van der Waals surface area (Å²) >= 11 is 1.67. The van der Waals surface area contributed by atoms with Crippen molar-refractivity contribution in [3.63, 3.8) is 0 Å². The van der Waals surface area contributed by atoms with Crippen molar-refractivity contribution in [2.45, 2.75) is 25.8 Å². The van der Waals surface area contributed by atoms with E-state index >= 15 is 0 Å². The Labute approximate surface area is 130 Å². The first-order valence-electron chi connectivity index (χ1n) is 7.16. The highest BCUT2D eigenvalue weighted by atomic mass is 32.2. The van der Waals surface area contributed by atoms with Gasteiger partial charge >= 0.3 is 0 Å². The van der Waals surface area contributed by atoms with Crippen LogP contribution in [0, 0.1) is 0 Å². The number of anilines is 1. The maximum atomic E-state index is 12.2. The van der Waals surface area contributed by atoms with E-state index in [1.54, 1.807) is 31.1 Å². The molecule has 8 heteroatoms. The van der Waals surface area contributed by atoms with Gasteiger partial charge in [0.05, 0.1) is 0 Å². The van der Waals surface area contributed by atoms with Crippen LogP contribution in [-0.2, 0) is 16.4 Å². The summed E-state index contributed by atoms with van der Waals surface area (Å²) in [7, 11) is -3.13. The van der Waals surface area contributed by atoms with Crippen molar-refractivity contribution in [1.82, 2.24) is 15.3 Å². The average molecular weight is 330 g/mol. The number of sulfone groups is 1. The first-order chi connectivity index (χ1) is 10.1. The molecule has 0 aliphatic carbocycles. The van der Waals surface area contributed by atoms with Gasteiger partial charge in [-0.05, 0) is 6.54 Å². The Morgan fingerprint density at radius 1 is 1.38 bits per heavy atom. The smallest absolute Gasteiger partial charge is 0.226 e. The zero-order valence-corrected chi connectivity index (χ0v) is 14.1. The second kappa shape index (κ2) is 7.42. The number of thioether (sulfide) groups is 1. The molecular formula is C13H22N4O2S2. The van der Waals surface area contributed by atoms with Crippen LogP contribution in [0.3, 0.4) is 0 Å². The third-order valence-electron chi connectivity index (χ3n) is 3.43. The normalized spacial score (nSPS) is 19.7. The molecule has 0 aromatic carbocycles. The number of rotatable bonds is 6. The summed E-state index contributed by atoms with van der Waals surface area (Å²) < 4.78 is 24.5. The van der Waals surface area contributed by atoms with Crippen LogP contribution in [0.1, 0.15) is 19.4 Å². The third-order valence-corrected chi connectivity index (χ3v) is 6.72. The van der Waals surface area contributed by atoms with Gasteiger partial charge in [-0.15, -0.1) is 0 Å². The second-order valence-corrected chi connectivity index (χ2v) is 8.44. The predicted molar refractivity (Wildman–Crippen MR) is 87.3 cm³/mol. The van der Waals surface area contributed by atoms with Crippen molar-refractivity contribution in [1.29, 1.82) is 0 Å². The van der Waals surface area contributed by atoms with Crippen LogP contribution in [0.15, 0.2) is 12.4 Å². The monoisotopic (exact) mass is 330 g/mol. The van der Waals surface area contributed by atoms with Gasteiger partial charge in [-0.1, -0.05) is 13.8 Å². The SMILES string of the molecule is CCNCc1cnc(N2CCSCC2S(=O)(=O)CC)nc1. The quantitative estimate of drug-likeness (QED) is 0.830. The van der Waals surface area contributed by atoms with Crippen LogP contribution in [0.2, 0.25) is 0 Å². The minimum Gasteiger partial charge on any atom is -0.322 e. The second-order valence-electron chi connectivity index (χ2n) is 4.85. The lowest BCUT2D eigenvalue weighted by Crippen LogP contribution is -2.48. The van der Waals surface area contributed by atoms with E-state index in [1.165, 1.54) is 0 Å². The fraction of sp³-hybridized carbons (Fsp3) is 0.692. The van der Waals surface area contributed by atoms with E-state index in [0.717, 1.165) is 24.4 Å². The predicted octanol–water partition coefficient (Wildman–Crippen LogP) is 0.900. The minimum absolute atomic E-state index is 0.146. The van der Waals surface area contributed by atoms with Gasteiger partial charge in [-0.2, -0.15) is 11.8 Å². The van der Waals surface area contributed by atoms with Crippen molar-refractivity contribution in [2.24, 2.45) is 0 Å². The molecular weight excluding hydrogens is 308 g/mol. The number of aromatic nitrogens is 2. The van der Waals surface area contributed by atoms with E-state index in [2.05, 4.69) is 15.3 Å². The van der Waals surface area contributed by atoms with Crippen molar-refractivity contribution >= 4 is 27.5 Å². The Balaban J connectivity index is 2.17. The van der Waals surface area contributed by atoms with E-state index in [9.17, 15) is 8.42 Å². The Hall–Kier alpha value is -0.860. The Morgan fingerprint density at radius 3 is 2.71 bits per heavy atom. The van der Waals surface area contributed by atoms with Gasteiger partial charge in [-0.3, -0.25) is 0 Å². The van der Waals surface area contributed by atoms with Gasteiger partial charge in [-0.25, -0.2) is 18.4 Å². The summed E-state index contributed by atoms with van der Waals surface area (Å²) in [5, 5.41) is 2.70. The molecule has 1 saturated heterocycles. The molecule has 1 aromatic rings. The molecule has 1 fully saturated rings. The molecule has 0 radical (unpaired) electrons. The molecule has 0 spiro atoms. The molecule has 0 saturated carbocycles. The largest absolute Gasteiger partial charge is 0.322 e. The fourth-order valence-corrected chi connectivity index (χ4v) is 5.12. The maximum absolute atomic E-state index is 12.2. The Bertz CT molecular complexity index is 548. The summed E-state index contributed by atoms with van der Waals surface area (Å²) in [5.74, 6) is 2.14. The molecule has 1 aromatic heterocycles. The highest BCUT2D eigenvalue weighted by Crippen LogP contribution is 2.24. The van der Waals surface area contributed by atoms with Crippen LogP contribution in [0.4, 0.5) is 5.95 Å². The van der Waals surface area contributed by atoms with E-state index in [1.807, 2.05) is 11.8 Å². The molecule has 1 aliphatic rings. The van der Waals surface area contributed by atoms with Gasteiger partial charge in [0.1, 0.15) is 5.37 Å². The lowest BCUT2D eigenvalue weighted by molar-refractivity contribution is 0.577. The molecule has 1 atom stereocenters. The van der Waals surface area contributed by atoms with Crippen LogP contribution in [0.25, 0.3) is 0 Å². The molecule has 118 valence electrons. The lowest BCUT2D eigenvalue weighted by atomic mass is 10.3. The standard InChI is InChI=1S/C13H22N4O2S2/c1-3-14-7-11-8-15-13(16-9-11)17-5-6-20-10-12(17)21(18,19)4-2/h8-9,12,14H,3-7,10H2,1-2H3. The van der Waals surface area contributed by atoms with Crippen LogP contribution < -0.4 is 10.2 Å². The molecule has 6 nitrogen and oxygen atoms in total. The summed E-state index contributed by atoms with van der Waals surface area (Å²) in [5.41, 5.74) is 1.00. The van der Waals surface area contributed by atoms with Crippen LogP contribution >= 0.6 is 11.8 Å². The van der Waals surface area contributed by atoms with Crippen molar-refractivity contribution < 1.29 is 8.42 Å². The van der Waals surface area contributed by atoms with Crippen molar-refractivity contribution in [3.05, 3.63) is 18.0 Å². The molecule has 2 rings (SSSR count). The molecule has 1 N–H and O–H groups in total. The first-order valence-corrected chi connectivity index (χ1v) is 10.0. The van der Waals surface area contributed by atoms with E-state index < -0.39 is 15.2 Å². The van der Waals surface area contributed by atoms with E-state index in [-0.39, 0.29) is 5.75 Å². The minimum atomic E-state index is -3.13. The van der Waals surface area contributed by atoms with Gasteiger partial charge in [0, 0.05) is 48.3 Å². The summed E-state index contributed by atoms with van der Waals surface area (Å²) in [4.78, 5) is 10.5. The molecule has 1 aliphatic heterocycles. The van der Waals surface area contributed by atoms with E-state index in [4.69, 9.17) is 0 Å². The van der Waals surface area contributed by atoms with Crippen LogP contribution in [-0.4, -0.2) is 54.1 Å². The molecule has 0 bridgehead atoms. The fourth-order valence-electron chi connectivity index (χ4n) is 2.16. The Morgan fingerprint density at radius 2 is 2.10 bits per heavy atom. The zero-order chi connectivity index (χ0) is 15.3. The van der Waals surface area contributed by atoms with Gasteiger partial charge in [0.2, 0.25) is 5.95 Å². The number of nitrogens with zero attached hydrogens (tertiary/aromatic N) is 3. The van der Waals surface area contributed by atoms with Crippen molar-refractivity contribution in [2.75, 3.05) is 35.2 Å². The molecule has 1 unspecified atom stereocenters. The van der Waals surface area contributed by atoms with Gasteiger partial charge in [0.25, 0.3) is 0 Å². The molecule has 21 heavy (non-hydrogen) atoms. The van der Waals surface area contributed by atoms with E-state index in [0.29, 0.717) is 18.2 Å². The zero-order valence-electron chi connectivity index (χ0n) is 12.4. The number of hydrogen-bond donors (Lipinski definition) is 1. The topological polar surface area (TPSA) is 75.2 Å². The highest BCUT2D eigenvalue weighted by Gasteiger charge is 2.34. The summed E-state index contributed by atoms with van der Waals surface area (Å²) in [6.07, 6.45) is 3.53. The lowest BCUT2D eigenvalue weighted by Gasteiger charge is -2.34. The van der Waals surface area contributed by atoms with Crippen molar-refractivity contribution in [3.8, 4) is 0 Å². The van der Waals surface area contributed by atoms with Crippen LogP contribution in [0.5, 0.6) is 0 Å². The number of hydrogen-bond acceptors (Lipinski definition) is 7. The van der Waals surface area contributed by atoms with Gasteiger partial charge < -0.3 is 10.2 Å². The highest BCUT2D eigenvalue weighted by molar-refractivity contribution is 8.01. The summed E-state index contributed by atoms with van der Waals surface area (Å²) in [6.45, 7) is 6.01. The van der Waals surface area contributed by atoms with Gasteiger partial charge in [0.15, 0.2) is 9.84 Å². The number of nitrogens with one attached hydrogen (secondary N) is 1. The Kier molecular flexibility index (Phi) is 5.83.